The first-order valence-electron chi connectivity index (χ1n) is 7.74. The van der Waals surface area contributed by atoms with Crippen LogP contribution < -0.4 is 4.72 Å². The number of nitrogens with one attached hydrogen (secondary N) is 1. The maximum atomic E-state index is 12.5. The van der Waals surface area contributed by atoms with E-state index in [4.69, 9.17) is 23.2 Å². The smallest absolute Gasteiger partial charge is 0.261 e. The second-order valence-corrected chi connectivity index (χ2v) is 8.25. The molecule has 3 rings (SSSR count). The Balaban J connectivity index is 1.78. The molecule has 1 aliphatic heterocycles. The average Bonchev–Trinajstić information content (AvgIpc) is 3.12. The standard InChI is InChI=1S/C17H16Cl2N2O3S/c18-15-8-5-13(11-16(15)19)20-25(23,24)14-6-3-12(4-7-14)17(22)21-9-1-2-10-21/h3-8,11,20H,1-2,9-10H2. The fourth-order valence-corrected chi connectivity index (χ4v) is 4.00. The fraction of sp³-hybridized carbons (Fsp3) is 0.235. The van der Waals surface area contributed by atoms with Gasteiger partial charge in [0.25, 0.3) is 15.9 Å². The van der Waals surface area contributed by atoms with Crippen LogP contribution in [0.3, 0.4) is 0 Å². The summed E-state index contributed by atoms with van der Waals surface area (Å²) in [6, 6.07) is 10.4. The zero-order chi connectivity index (χ0) is 18.0. The molecule has 0 radical (unpaired) electrons. The van der Waals surface area contributed by atoms with Crippen molar-refractivity contribution in [2.45, 2.75) is 17.7 Å². The molecule has 0 spiro atoms. The van der Waals surface area contributed by atoms with Crippen molar-refractivity contribution in [1.29, 1.82) is 0 Å². The Morgan fingerprint density at radius 2 is 1.60 bits per heavy atom. The molecule has 0 aromatic heterocycles. The van der Waals surface area contributed by atoms with Crippen molar-refractivity contribution in [2.24, 2.45) is 0 Å². The Bertz CT molecular complexity index is 893. The number of hydrogen-bond acceptors (Lipinski definition) is 3. The summed E-state index contributed by atoms with van der Waals surface area (Å²) in [7, 11) is -3.78. The molecule has 132 valence electrons. The number of carbonyl (C=O) groups excluding carboxylic acids is 1. The molecule has 0 atom stereocenters. The minimum Gasteiger partial charge on any atom is -0.339 e. The van der Waals surface area contributed by atoms with Gasteiger partial charge < -0.3 is 4.90 Å². The van der Waals surface area contributed by atoms with E-state index in [-0.39, 0.29) is 15.8 Å². The van der Waals surface area contributed by atoms with E-state index in [9.17, 15) is 13.2 Å². The molecule has 0 saturated carbocycles. The Hall–Kier alpha value is -1.76. The van der Waals surface area contributed by atoms with Gasteiger partial charge in [0.2, 0.25) is 0 Å². The summed E-state index contributed by atoms with van der Waals surface area (Å²) >= 11 is 11.7. The van der Waals surface area contributed by atoms with Crippen LogP contribution in [0.5, 0.6) is 0 Å². The van der Waals surface area contributed by atoms with Crippen LogP contribution in [0.25, 0.3) is 0 Å². The van der Waals surface area contributed by atoms with Gasteiger partial charge in [-0.05, 0) is 55.3 Å². The van der Waals surface area contributed by atoms with Gasteiger partial charge in [0.15, 0.2) is 0 Å². The van der Waals surface area contributed by atoms with E-state index in [0.29, 0.717) is 16.3 Å². The van der Waals surface area contributed by atoms with Crippen molar-refractivity contribution < 1.29 is 13.2 Å². The van der Waals surface area contributed by atoms with Crippen LogP contribution in [0.15, 0.2) is 47.4 Å². The van der Waals surface area contributed by atoms with Gasteiger partial charge in [-0.3, -0.25) is 9.52 Å². The normalized spacial score (nSPS) is 14.6. The topological polar surface area (TPSA) is 66.5 Å². The number of halogens is 2. The Morgan fingerprint density at radius 3 is 2.20 bits per heavy atom. The first kappa shape index (κ1) is 18.0. The van der Waals surface area contributed by atoms with Gasteiger partial charge in [0, 0.05) is 18.7 Å². The molecule has 0 aliphatic carbocycles. The van der Waals surface area contributed by atoms with Crippen LogP contribution >= 0.6 is 23.2 Å². The van der Waals surface area contributed by atoms with Gasteiger partial charge in [-0.1, -0.05) is 23.2 Å². The van der Waals surface area contributed by atoms with Crippen molar-refractivity contribution in [3.8, 4) is 0 Å². The van der Waals surface area contributed by atoms with Crippen molar-refractivity contribution in [3.05, 3.63) is 58.1 Å². The molecule has 0 unspecified atom stereocenters. The molecule has 1 amide bonds. The van der Waals surface area contributed by atoms with Gasteiger partial charge >= 0.3 is 0 Å². The van der Waals surface area contributed by atoms with Gasteiger partial charge in [-0.25, -0.2) is 8.42 Å². The number of anilines is 1. The zero-order valence-electron chi connectivity index (χ0n) is 13.2. The first-order valence-corrected chi connectivity index (χ1v) is 9.98. The molecule has 1 N–H and O–H groups in total. The quantitative estimate of drug-likeness (QED) is 0.844. The number of rotatable bonds is 4. The van der Waals surface area contributed by atoms with Gasteiger partial charge in [0.1, 0.15) is 0 Å². The van der Waals surface area contributed by atoms with Crippen LogP contribution in [0.1, 0.15) is 23.2 Å². The summed E-state index contributed by atoms with van der Waals surface area (Å²) < 4.78 is 27.3. The summed E-state index contributed by atoms with van der Waals surface area (Å²) in [6.07, 6.45) is 2.01. The maximum Gasteiger partial charge on any atom is 0.261 e. The van der Waals surface area contributed by atoms with Crippen molar-refractivity contribution in [1.82, 2.24) is 4.90 Å². The highest BCUT2D eigenvalue weighted by molar-refractivity contribution is 7.92. The molecule has 1 aliphatic rings. The summed E-state index contributed by atoms with van der Waals surface area (Å²) in [4.78, 5) is 14.1. The van der Waals surface area contributed by atoms with Crippen molar-refractivity contribution in [2.75, 3.05) is 17.8 Å². The molecule has 8 heteroatoms. The van der Waals surface area contributed by atoms with E-state index in [2.05, 4.69) is 4.72 Å². The third-order valence-electron chi connectivity index (χ3n) is 3.98. The highest BCUT2D eigenvalue weighted by Gasteiger charge is 2.21. The van der Waals surface area contributed by atoms with E-state index in [1.807, 2.05) is 0 Å². The van der Waals surface area contributed by atoms with Crippen LogP contribution in [-0.4, -0.2) is 32.3 Å². The minimum absolute atomic E-state index is 0.0662. The number of benzene rings is 2. The molecule has 5 nitrogen and oxygen atoms in total. The zero-order valence-corrected chi connectivity index (χ0v) is 15.5. The van der Waals surface area contributed by atoms with Gasteiger partial charge in [0.05, 0.1) is 20.6 Å². The largest absolute Gasteiger partial charge is 0.339 e. The van der Waals surface area contributed by atoms with E-state index in [0.717, 1.165) is 25.9 Å². The first-order chi connectivity index (χ1) is 11.9. The second-order valence-electron chi connectivity index (χ2n) is 5.76. The fourth-order valence-electron chi connectivity index (χ4n) is 2.65. The molecule has 25 heavy (non-hydrogen) atoms. The van der Waals surface area contributed by atoms with Crippen molar-refractivity contribution >= 4 is 44.8 Å². The highest BCUT2D eigenvalue weighted by atomic mass is 35.5. The monoisotopic (exact) mass is 398 g/mol. The lowest BCUT2D eigenvalue weighted by atomic mass is 10.2. The molecule has 0 bridgehead atoms. The van der Waals surface area contributed by atoms with E-state index < -0.39 is 10.0 Å². The van der Waals surface area contributed by atoms with Crippen LogP contribution in [0, 0.1) is 0 Å². The molecule has 1 heterocycles. The molecule has 1 saturated heterocycles. The van der Waals surface area contributed by atoms with Crippen molar-refractivity contribution in [3.63, 3.8) is 0 Å². The van der Waals surface area contributed by atoms with Gasteiger partial charge in [-0.2, -0.15) is 0 Å². The Morgan fingerprint density at radius 1 is 0.960 bits per heavy atom. The molecular weight excluding hydrogens is 383 g/mol. The predicted octanol–water partition coefficient (Wildman–Crippen LogP) is 4.03. The van der Waals surface area contributed by atoms with Crippen LogP contribution in [0.2, 0.25) is 10.0 Å². The Kier molecular flexibility index (Phi) is 5.22. The summed E-state index contributed by atoms with van der Waals surface area (Å²) in [6.45, 7) is 1.50. The lowest BCUT2D eigenvalue weighted by Gasteiger charge is -2.15. The van der Waals surface area contributed by atoms with E-state index >= 15 is 0 Å². The SMILES string of the molecule is O=C(c1ccc(S(=O)(=O)Nc2ccc(Cl)c(Cl)c2)cc1)N1CCCC1. The lowest BCUT2D eigenvalue weighted by molar-refractivity contribution is 0.0792. The average molecular weight is 399 g/mol. The number of nitrogens with zero attached hydrogens (tertiary/aromatic N) is 1. The Labute approximate surface area is 156 Å². The second kappa shape index (κ2) is 7.23. The third-order valence-corrected chi connectivity index (χ3v) is 6.11. The number of likely N-dealkylation sites (tertiary alicyclic amines) is 1. The number of carbonyl (C=O) groups is 1. The number of amides is 1. The molecular formula is C17H16Cl2N2O3S. The molecule has 2 aromatic carbocycles. The van der Waals surface area contributed by atoms with E-state index in [1.54, 1.807) is 4.90 Å². The van der Waals surface area contributed by atoms with Crippen LogP contribution in [0.4, 0.5) is 5.69 Å². The summed E-state index contributed by atoms with van der Waals surface area (Å²) in [5.41, 5.74) is 0.794. The predicted molar refractivity (Wildman–Crippen MR) is 98.9 cm³/mol. The maximum absolute atomic E-state index is 12.5. The van der Waals surface area contributed by atoms with Crippen LogP contribution in [-0.2, 0) is 10.0 Å². The third kappa shape index (κ3) is 4.08. The summed E-state index contributed by atoms with van der Waals surface area (Å²) in [5.74, 6) is -0.0705. The van der Waals surface area contributed by atoms with Gasteiger partial charge in [-0.15, -0.1) is 0 Å². The number of hydrogen-bond donors (Lipinski definition) is 1. The molecule has 2 aromatic rings. The highest BCUT2D eigenvalue weighted by Crippen LogP contribution is 2.26. The lowest BCUT2D eigenvalue weighted by Crippen LogP contribution is -2.27. The minimum atomic E-state index is -3.78. The number of sulfonamides is 1. The summed E-state index contributed by atoms with van der Waals surface area (Å²) in [5, 5.41) is 0.600. The van der Waals surface area contributed by atoms with E-state index in [1.165, 1.54) is 42.5 Å². The molecule has 1 fully saturated rings.